The van der Waals surface area contributed by atoms with Crippen molar-refractivity contribution in [3.05, 3.63) is 12.2 Å². The first-order valence-electron chi connectivity index (χ1n) is 6.35. The van der Waals surface area contributed by atoms with Crippen LogP contribution in [-0.2, 0) is 4.79 Å². The van der Waals surface area contributed by atoms with Gasteiger partial charge in [0.25, 0.3) is 0 Å². The molecule has 0 amide bonds. The maximum atomic E-state index is 11.9. The van der Waals surface area contributed by atoms with Crippen LogP contribution in [0.25, 0.3) is 0 Å². The number of carbonyl (C=O) groups excluding carboxylic acids is 1. The Morgan fingerprint density at radius 3 is 2.80 bits per heavy atom. The van der Waals surface area contributed by atoms with Gasteiger partial charge < -0.3 is 0 Å². The molecule has 3 aliphatic rings. The molecule has 15 heavy (non-hydrogen) atoms. The lowest BCUT2D eigenvalue weighted by Gasteiger charge is -2.08. The molecular weight excluding hydrogens is 184 g/mol. The molecular formula is C14H20O. The van der Waals surface area contributed by atoms with Crippen molar-refractivity contribution < 1.29 is 4.79 Å². The van der Waals surface area contributed by atoms with E-state index in [9.17, 15) is 4.79 Å². The van der Waals surface area contributed by atoms with E-state index >= 15 is 0 Å². The maximum Gasteiger partial charge on any atom is 0.136 e. The van der Waals surface area contributed by atoms with Gasteiger partial charge in [0, 0.05) is 12.3 Å². The highest BCUT2D eigenvalue weighted by Crippen LogP contribution is 2.63. The van der Waals surface area contributed by atoms with E-state index < -0.39 is 0 Å². The van der Waals surface area contributed by atoms with Crippen molar-refractivity contribution in [1.82, 2.24) is 0 Å². The zero-order chi connectivity index (χ0) is 10.6. The molecule has 0 saturated heterocycles. The highest BCUT2D eigenvalue weighted by atomic mass is 16.1. The van der Waals surface area contributed by atoms with Crippen LogP contribution in [0.2, 0.25) is 0 Å². The Labute approximate surface area is 91.9 Å². The third kappa shape index (κ3) is 1.47. The molecule has 0 aromatic heterocycles. The van der Waals surface area contributed by atoms with Crippen molar-refractivity contribution >= 4 is 5.78 Å². The molecule has 0 N–H and O–H groups in total. The molecule has 1 nitrogen and oxygen atoms in total. The normalized spacial score (nSPS) is 40.9. The second-order valence-electron chi connectivity index (χ2n) is 5.97. The molecule has 0 bridgehead atoms. The summed E-state index contributed by atoms with van der Waals surface area (Å²) in [7, 11) is 0. The third-order valence-corrected chi connectivity index (χ3v) is 4.91. The molecule has 1 spiro atoms. The van der Waals surface area contributed by atoms with Crippen molar-refractivity contribution in [2.24, 2.45) is 23.2 Å². The Kier molecular flexibility index (Phi) is 1.90. The molecule has 0 aliphatic heterocycles. The molecule has 3 unspecified atom stereocenters. The fraction of sp³-hybridized carbons (Fsp3) is 0.786. The predicted molar refractivity (Wildman–Crippen MR) is 60.4 cm³/mol. The number of rotatable bonds is 3. The Hall–Kier alpha value is -0.590. The minimum Gasteiger partial charge on any atom is -0.299 e. The summed E-state index contributed by atoms with van der Waals surface area (Å²) < 4.78 is 0. The van der Waals surface area contributed by atoms with Gasteiger partial charge in [0.2, 0.25) is 0 Å². The van der Waals surface area contributed by atoms with Crippen LogP contribution in [0.3, 0.4) is 0 Å². The van der Waals surface area contributed by atoms with E-state index in [4.69, 9.17) is 0 Å². The Balaban J connectivity index is 1.65. The molecule has 0 radical (unpaired) electrons. The van der Waals surface area contributed by atoms with E-state index in [0.717, 1.165) is 12.8 Å². The lowest BCUT2D eigenvalue weighted by Crippen LogP contribution is -2.10. The Morgan fingerprint density at radius 2 is 2.27 bits per heavy atom. The number of hydrogen-bond donors (Lipinski definition) is 0. The molecule has 0 heterocycles. The monoisotopic (exact) mass is 204 g/mol. The molecule has 3 atom stereocenters. The van der Waals surface area contributed by atoms with Crippen LogP contribution in [0.15, 0.2) is 12.2 Å². The van der Waals surface area contributed by atoms with Crippen LogP contribution in [0, 0.1) is 23.2 Å². The quantitative estimate of drug-likeness (QED) is 0.644. The van der Waals surface area contributed by atoms with Crippen LogP contribution >= 0.6 is 0 Å². The van der Waals surface area contributed by atoms with E-state index in [1.807, 2.05) is 0 Å². The first-order chi connectivity index (χ1) is 7.15. The zero-order valence-corrected chi connectivity index (χ0v) is 9.59. The summed E-state index contributed by atoms with van der Waals surface area (Å²) in [6, 6.07) is 0. The van der Waals surface area contributed by atoms with Crippen molar-refractivity contribution in [3.8, 4) is 0 Å². The SMILES string of the molecule is C=C(CC)C1CC1C1CC2(CC2)CC1=O. The Morgan fingerprint density at radius 1 is 1.53 bits per heavy atom. The lowest BCUT2D eigenvalue weighted by atomic mass is 9.95. The highest BCUT2D eigenvalue weighted by molar-refractivity contribution is 5.85. The van der Waals surface area contributed by atoms with E-state index in [1.165, 1.54) is 31.3 Å². The van der Waals surface area contributed by atoms with Gasteiger partial charge in [-0.1, -0.05) is 19.1 Å². The molecule has 3 fully saturated rings. The molecule has 3 saturated carbocycles. The van der Waals surface area contributed by atoms with Crippen LogP contribution in [0.5, 0.6) is 0 Å². The molecule has 0 aromatic carbocycles. The van der Waals surface area contributed by atoms with E-state index in [1.54, 1.807) is 0 Å². The van der Waals surface area contributed by atoms with Gasteiger partial charge in [0.1, 0.15) is 5.78 Å². The predicted octanol–water partition coefficient (Wildman–Crippen LogP) is 3.35. The van der Waals surface area contributed by atoms with Crippen LogP contribution in [0.4, 0.5) is 0 Å². The van der Waals surface area contributed by atoms with Crippen LogP contribution < -0.4 is 0 Å². The molecule has 0 aromatic rings. The van der Waals surface area contributed by atoms with Gasteiger partial charge in [-0.15, -0.1) is 0 Å². The molecule has 82 valence electrons. The zero-order valence-electron chi connectivity index (χ0n) is 9.59. The van der Waals surface area contributed by atoms with Crippen molar-refractivity contribution in [1.29, 1.82) is 0 Å². The van der Waals surface area contributed by atoms with Gasteiger partial charge in [-0.05, 0) is 49.4 Å². The number of carbonyl (C=O) groups is 1. The minimum atomic E-state index is 0.417. The van der Waals surface area contributed by atoms with Gasteiger partial charge in [-0.25, -0.2) is 0 Å². The fourth-order valence-corrected chi connectivity index (χ4v) is 3.49. The summed E-state index contributed by atoms with van der Waals surface area (Å²) in [6.07, 6.45) is 7.10. The number of ketones is 1. The van der Waals surface area contributed by atoms with Gasteiger partial charge in [-0.2, -0.15) is 0 Å². The maximum absolute atomic E-state index is 11.9. The number of hydrogen-bond acceptors (Lipinski definition) is 1. The molecule has 3 aliphatic carbocycles. The second kappa shape index (κ2) is 2.96. The average Bonchev–Trinajstić information content (AvgIpc) is 3.08. The van der Waals surface area contributed by atoms with E-state index in [2.05, 4.69) is 13.5 Å². The smallest absolute Gasteiger partial charge is 0.136 e. The summed E-state index contributed by atoms with van der Waals surface area (Å²) in [4.78, 5) is 11.9. The highest BCUT2D eigenvalue weighted by Gasteiger charge is 2.58. The summed E-state index contributed by atoms with van der Waals surface area (Å²) in [6.45, 7) is 6.30. The average molecular weight is 204 g/mol. The first kappa shape index (κ1) is 9.62. The topological polar surface area (TPSA) is 17.1 Å². The summed E-state index contributed by atoms with van der Waals surface area (Å²) in [5.41, 5.74) is 1.88. The largest absolute Gasteiger partial charge is 0.299 e. The van der Waals surface area contributed by atoms with Crippen LogP contribution in [0.1, 0.15) is 45.4 Å². The number of Topliss-reactive ketones (excluding diaryl/α,β-unsaturated/α-hetero) is 1. The van der Waals surface area contributed by atoms with E-state index in [0.29, 0.717) is 29.0 Å². The van der Waals surface area contributed by atoms with Gasteiger partial charge in [0.15, 0.2) is 0 Å². The van der Waals surface area contributed by atoms with Crippen molar-refractivity contribution in [3.63, 3.8) is 0 Å². The standard InChI is InChI=1S/C14H20O/c1-3-9(2)10-6-11(10)12-7-14(4-5-14)8-13(12)15/h10-12H,2-8H2,1H3. The van der Waals surface area contributed by atoms with E-state index in [-0.39, 0.29) is 0 Å². The van der Waals surface area contributed by atoms with Gasteiger partial charge in [-0.3, -0.25) is 4.79 Å². The van der Waals surface area contributed by atoms with Gasteiger partial charge >= 0.3 is 0 Å². The van der Waals surface area contributed by atoms with Crippen LogP contribution in [-0.4, -0.2) is 5.78 Å². The third-order valence-electron chi connectivity index (χ3n) is 4.91. The summed E-state index contributed by atoms with van der Waals surface area (Å²) >= 11 is 0. The Bertz CT molecular complexity index is 324. The molecule has 1 heteroatoms. The van der Waals surface area contributed by atoms with Crippen molar-refractivity contribution in [2.75, 3.05) is 0 Å². The fourth-order valence-electron chi connectivity index (χ4n) is 3.49. The summed E-state index contributed by atoms with van der Waals surface area (Å²) in [5.74, 6) is 2.37. The van der Waals surface area contributed by atoms with Gasteiger partial charge in [0.05, 0.1) is 0 Å². The van der Waals surface area contributed by atoms with Crippen molar-refractivity contribution in [2.45, 2.75) is 45.4 Å². The minimum absolute atomic E-state index is 0.417. The molecule has 3 rings (SSSR count). The summed E-state index contributed by atoms with van der Waals surface area (Å²) in [5, 5.41) is 0. The first-order valence-corrected chi connectivity index (χ1v) is 6.35. The number of allylic oxidation sites excluding steroid dienone is 1. The second-order valence-corrected chi connectivity index (χ2v) is 5.97. The lowest BCUT2D eigenvalue weighted by molar-refractivity contribution is -0.121.